The lowest BCUT2D eigenvalue weighted by Crippen LogP contribution is -2.32. The lowest BCUT2D eigenvalue weighted by atomic mass is 10.0. The highest BCUT2D eigenvalue weighted by atomic mass is 16.3. The van der Waals surface area contributed by atoms with E-state index in [0.29, 0.717) is 0 Å². The smallest absolute Gasteiger partial charge is 0.0934 e. The number of hydrogen-bond donors (Lipinski definition) is 2. The summed E-state index contributed by atoms with van der Waals surface area (Å²) in [5, 5.41) is 9.57. The van der Waals surface area contributed by atoms with Crippen LogP contribution in [-0.2, 0) is 0 Å². The monoisotopic (exact) mass is 169 g/mol. The van der Waals surface area contributed by atoms with Gasteiger partial charge in [-0.1, -0.05) is 25.2 Å². The van der Waals surface area contributed by atoms with Crippen LogP contribution in [0.2, 0.25) is 0 Å². The molecule has 0 heterocycles. The third kappa shape index (κ3) is 3.69. The summed E-state index contributed by atoms with van der Waals surface area (Å²) in [5.74, 6) is 0. The Bertz CT molecular complexity index is 171. The van der Waals surface area contributed by atoms with Crippen molar-refractivity contribution < 1.29 is 5.11 Å². The largest absolute Gasteiger partial charge is 0.387 e. The summed E-state index contributed by atoms with van der Waals surface area (Å²) in [4.78, 5) is 0. The maximum atomic E-state index is 9.57. The van der Waals surface area contributed by atoms with Crippen molar-refractivity contribution in [2.45, 2.75) is 39.3 Å². The molecule has 0 saturated carbocycles. The highest BCUT2D eigenvalue weighted by Gasteiger charge is 2.11. The first-order valence-corrected chi connectivity index (χ1v) is 4.39. The number of aliphatic hydroxyl groups excluding tert-OH is 1. The summed E-state index contributed by atoms with van der Waals surface area (Å²) >= 11 is 0. The van der Waals surface area contributed by atoms with Crippen molar-refractivity contribution in [3.05, 3.63) is 23.8 Å². The van der Waals surface area contributed by atoms with E-state index in [1.165, 1.54) is 0 Å². The van der Waals surface area contributed by atoms with Crippen LogP contribution in [0.25, 0.3) is 0 Å². The lowest BCUT2D eigenvalue weighted by Gasteiger charge is -2.15. The molecule has 0 aromatic heterocycles. The fraction of sp³-hybridized carbons (Fsp3) is 0.600. The molecule has 0 saturated heterocycles. The van der Waals surface area contributed by atoms with Gasteiger partial charge in [0.2, 0.25) is 0 Å². The molecule has 0 fully saturated rings. The van der Waals surface area contributed by atoms with Crippen LogP contribution in [0.1, 0.15) is 27.2 Å². The third-order valence-corrected chi connectivity index (χ3v) is 1.72. The topological polar surface area (TPSA) is 46.2 Å². The molecular weight excluding hydrogens is 150 g/mol. The zero-order valence-electron chi connectivity index (χ0n) is 8.12. The molecule has 0 aliphatic rings. The lowest BCUT2D eigenvalue weighted by molar-refractivity contribution is 0.189. The molecule has 2 nitrogen and oxygen atoms in total. The van der Waals surface area contributed by atoms with E-state index in [2.05, 4.69) is 6.92 Å². The zero-order valence-corrected chi connectivity index (χ0v) is 8.12. The molecule has 2 atom stereocenters. The van der Waals surface area contributed by atoms with Crippen molar-refractivity contribution in [3.63, 3.8) is 0 Å². The van der Waals surface area contributed by atoms with Crippen LogP contribution in [0.3, 0.4) is 0 Å². The van der Waals surface area contributed by atoms with E-state index in [0.717, 1.165) is 12.0 Å². The van der Waals surface area contributed by atoms with Crippen LogP contribution >= 0.6 is 0 Å². The first-order chi connectivity index (χ1) is 5.63. The van der Waals surface area contributed by atoms with E-state index in [4.69, 9.17) is 5.73 Å². The van der Waals surface area contributed by atoms with Crippen LogP contribution in [0.15, 0.2) is 23.8 Å². The van der Waals surface area contributed by atoms with Gasteiger partial charge in [-0.3, -0.25) is 0 Å². The molecule has 12 heavy (non-hydrogen) atoms. The van der Waals surface area contributed by atoms with Gasteiger partial charge in [0.1, 0.15) is 0 Å². The van der Waals surface area contributed by atoms with Gasteiger partial charge in [-0.2, -0.15) is 0 Å². The second-order valence-corrected chi connectivity index (χ2v) is 2.90. The van der Waals surface area contributed by atoms with Gasteiger partial charge in [0, 0.05) is 6.04 Å². The molecule has 0 aromatic carbocycles. The zero-order chi connectivity index (χ0) is 9.56. The highest BCUT2D eigenvalue weighted by molar-refractivity contribution is 5.23. The number of allylic oxidation sites excluding steroid dienone is 2. The first kappa shape index (κ1) is 11.4. The summed E-state index contributed by atoms with van der Waals surface area (Å²) in [6.07, 6.45) is 6.26. The fourth-order valence-electron chi connectivity index (χ4n) is 0.923. The normalized spacial score (nSPS) is 18.2. The quantitative estimate of drug-likeness (QED) is 0.628. The Hall–Kier alpha value is -0.600. The molecule has 70 valence electrons. The summed E-state index contributed by atoms with van der Waals surface area (Å²) in [5.41, 5.74) is 6.45. The van der Waals surface area contributed by atoms with Crippen LogP contribution in [0, 0.1) is 0 Å². The van der Waals surface area contributed by atoms with Gasteiger partial charge in [0.15, 0.2) is 0 Å². The molecule has 1 unspecified atom stereocenters. The van der Waals surface area contributed by atoms with Gasteiger partial charge in [0.05, 0.1) is 6.10 Å². The van der Waals surface area contributed by atoms with Gasteiger partial charge >= 0.3 is 0 Å². The number of nitrogens with two attached hydrogens (primary N) is 1. The first-order valence-electron chi connectivity index (χ1n) is 4.39. The molecule has 0 aliphatic carbocycles. The Morgan fingerprint density at radius 3 is 2.50 bits per heavy atom. The molecule has 0 radical (unpaired) electrons. The van der Waals surface area contributed by atoms with Crippen molar-refractivity contribution in [2.24, 2.45) is 5.73 Å². The molecule has 2 heteroatoms. The Kier molecular flexibility index (Phi) is 5.68. The maximum absolute atomic E-state index is 9.57. The molecule has 0 spiro atoms. The molecule has 0 bridgehead atoms. The maximum Gasteiger partial charge on any atom is 0.0934 e. The number of rotatable bonds is 4. The Labute approximate surface area is 74.8 Å². The van der Waals surface area contributed by atoms with Gasteiger partial charge in [0.25, 0.3) is 0 Å². The Balaban J connectivity index is 4.26. The van der Waals surface area contributed by atoms with Crippen molar-refractivity contribution in [1.29, 1.82) is 0 Å². The summed E-state index contributed by atoms with van der Waals surface area (Å²) in [7, 11) is 0. The SMILES string of the molecule is C/C=C(\C=C/CC)C(O)[C@@H](C)N. The second kappa shape index (κ2) is 5.98. The summed E-state index contributed by atoms with van der Waals surface area (Å²) < 4.78 is 0. The Morgan fingerprint density at radius 1 is 1.58 bits per heavy atom. The van der Waals surface area contributed by atoms with E-state index in [1.807, 2.05) is 25.2 Å². The van der Waals surface area contributed by atoms with Crippen molar-refractivity contribution in [2.75, 3.05) is 0 Å². The highest BCUT2D eigenvalue weighted by Crippen LogP contribution is 2.07. The van der Waals surface area contributed by atoms with Crippen molar-refractivity contribution in [1.82, 2.24) is 0 Å². The predicted molar refractivity (Wildman–Crippen MR) is 52.8 cm³/mol. The van der Waals surface area contributed by atoms with Crippen LogP contribution in [-0.4, -0.2) is 17.3 Å². The van der Waals surface area contributed by atoms with Gasteiger partial charge in [-0.05, 0) is 25.8 Å². The van der Waals surface area contributed by atoms with Gasteiger partial charge in [-0.15, -0.1) is 0 Å². The molecule has 0 aliphatic heterocycles. The minimum Gasteiger partial charge on any atom is -0.387 e. The van der Waals surface area contributed by atoms with E-state index in [1.54, 1.807) is 6.92 Å². The van der Waals surface area contributed by atoms with E-state index < -0.39 is 6.10 Å². The minimum atomic E-state index is -0.544. The molecule has 3 N–H and O–H groups in total. The molecule has 0 amide bonds. The third-order valence-electron chi connectivity index (χ3n) is 1.72. The Morgan fingerprint density at radius 2 is 2.17 bits per heavy atom. The van der Waals surface area contributed by atoms with Gasteiger partial charge < -0.3 is 10.8 Å². The summed E-state index contributed by atoms with van der Waals surface area (Å²) in [6, 6.07) is -0.210. The van der Waals surface area contributed by atoms with E-state index in [-0.39, 0.29) is 6.04 Å². The van der Waals surface area contributed by atoms with E-state index in [9.17, 15) is 5.11 Å². The van der Waals surface area contributed by atoms with Crippen LogP contribution in [0.5, 0.6) is 0 Å². The van der Waals surface area contributed by atoms with Crippen molar-refractivity contribution in [3.8, 4) is 0 Å². The minimum absolute atomic E-state index is 0.210. The van der Waals surface area contributed by atoms with Gasteiger partial charge in [-0.25, -0.2) is 0 Å². The predicted octanol–water partition coefficient (Wildman–Crippen LogP) is 1.61. The van der Waals surface area contributed by atoms with E-state index >= 15 is 0 Å². The average Bonchev–Trinajstić information content (AvgIpc) is 2.05. The average molecular weight is 169 g/mol. The molecule has 0 aromatic rings. The number of aliphatic hydroxyl groups is 1. The fourth-order valence-corrected chi connectivity index (χ4v) is 0.923. The van der Waals surface area contributed by atoms with Crippen molar-refractivity contribution >= 4 is 0 Å². The molecule has 0 rings (SSSR count). The van der Waals surface area contributed by atoms with Crippen LogP contribution in [0.4, 0.5) is 0 Å². The number of hydrogen-bond acceptors (Lipinski definition) is 2. The molecular formula is C10H19NO. The second-order valence-electron chi connectivity index (χ2n) is 2.90. The standard InChI is InChI=1S/C10H19NO/c1-4-6-7-9(5-2)10(12)8(3)11/h5-8,10,12H,4,11H2,1-3H3/b7-6-,9-5+/t8-,10?/m1/s1. The summed E-state index contributed by atoms with van der Waals surface area (Å²) in [6.45, 7) is 5.76. The van der Waals surface area contributed by atoms with Crippen LogP contribution < -0.4 is 5.73 Å².